The molecule has 0 aromatic heterocycles. The van der Waals surface area contributed by atoms with Gasteiger partial charge in [0.25, 0.3) is 6.47 Å². The number of alkyl halides is 9. The molecular formula is C25H25F9N2O2. The van der Waals surface area contributed by atoms with Crippen LogP contribution in [0.2, 0.25) is 0 Å². The molecule has 4 rings (SSSR count). The summed E-state index contributed by atoms with van der Waals surface area (Å²) in [5.41, 5.74) is -3.25. The lowest BCUT2D eigenvalue weighted by Gasteiger charge is -2.34. The van der Waals surface area contributed by atoms with Gasteiger partial charge in [-0.25, -0.2) is 0 Å². The molecule has 0 amide bonds. The first kappa shape index (κ1) is 29.6. The van der Waals surface area contributed by atoms with Crippen molar-refractivity contribution in [3.05, 3.63) is 64.2 Å². The number of carbonyl (C=O) groups excluding carboxylic acids is 1. The van der Waals surface area contributed by atoms with E-state index in [0.717, 1.165) is 25.0 Å². The lowest BCUT2D eigenvalue weighted by Crippen LogP contribution is -2.36. The van der Waals surface area contributed by atoms with Gasteiger partial charge >= 0.3 is 18.5 Å². The number of anilines is 1. The van der Waals surface area contributed by atoms with Crippen LogP contribution in [0.3, 0.4) is 0 Å². The van der Waals surface area contributed by atoms with Crippen molar-refractivity contribution in [3.63, 3.8) is 0 Å². The standard InChI is InChI=1S/C22H19F9N2.C3H6O2/c23-20(24,25)13-3-4-17-16(8-13)19(9-18(33-17)12-1-2-12)32-10-11-5-14(21(26,27)28)7-15(6-11)22(29,30)31;1-2-5-3-4/h3-8,12,18-19,32-33H,1-2,9-10H2;3H,2H2,1H3/t18-,19-;/m0./s1. The van der Waals surface area contributed by atoms with E-state index in [0.29, 0.717) is 43.2 Å². The first-order valence-corrected chi connectivity index (χ1v) is 11.7. The SMILES string of the molecule is CCOC=O.FC(F)(F)c1cc(CN[C@H]2C[C@@H](C3CC3)Nc3ccc(C(F)(F)F)cc32)cc(C(F)(F)F)c1. The molecule has 1 fully saturated rings. The quantitative estimate of drug-likeness (QED) is 0.289. The van der Waals surface area contributed by atoms with Crippen LogP contribution in [0.1, 0.15) is 60.0 Å². The molecule has 0 spiro atoms. The van der Waals surface area contributed by atoms with Gasteiger partial charge in [-0.3, -0.25) is 4.79 Å². The molecule has 2 aliphatic rings. The topological polar surface area (TPSA) is 50.4 Å². The molecule has 13 heteroatoms. The minimum Gasteiger partial charge on any atom is -0.468 e. The molecule has 0 unspecified atom stereocenters. The number of carbonyl (C=O) groups is 1. The third-order valence-corrected chi connectivity index (χ3v) is 6.21. The fraction of sp³-hybridized carbons (Fsp3) is 0.480. The van der Waals surface area contributed by atoms with Gasteiger partial charge in [0.1, 0.15) is 0 Å². The first-order chi connectivity index (χ1) is 17.6. The van der Waals surface area contributed by atoms with Crippen LogP contribution < -0.4 is 10.6 Å². The van der Waals surface area contributed by atoms with E-state index >= 15 is 0 Å². The van der Waals surface area contributed by atoms with Gasteiger partial charge in [-0.2, -0.15) is 39.5 Å². The number of benzene rings is 2. The Labute approximate surface area is 212 Å². The number of hydrogen-bond donors (Lipinski definition) is 2. The van der Waals surface area contributed by atoms with E-state index in [9.17, 15) is 44.3 Å². The highest BCUT2D eigenvalue weighted by atomic mass is 19.4. The van der Waals surface area contributed by atoms with Crippen LogP contribution in [-0.4, -0.2) is 19.1 Å². The number of hydrogen-bond acceptors (Lipinski definition) is 4. The summed E-state index contributed by atoms with van der Waals surface area (Å²) in [6.07, 6.45) is -12.3. The molecule has 1 aliphatic carbocycles. The molecule has 1 saturated carbocycles. The Morgan fingerprint density at radius 3 is 1.92 bits per heavy atom. The van der Waals surface area contributed by atoms with Gasteiger partial charge in [0.05, 0.1) is 23.3 Å². The Bertz CT molecular complexity index is 1080. The Morgan fingerprint density at radius 2 is 1.47 bits per heavy atom. The summed E-state index contributed by atoms with van der Waals surface area (Å²) in [5, 5.41) is 6.12. The van der Waals surface area contributed by atoms with Gasteiger partial charge in [-0.1, -0.05) is 0 Å². The molecule has 2 N–H and O–H groups in total. The number of fused-ring (bicyclic) bond motifs is 1. The van der Waals surface area contributed by atoms with E-state index in [1.807, 2.05) is 0 Å². The maximum absolute atomic E-state index is 13.2. The second-order valence-electron chi connectivity index (χ2n) is 9.02. The largest absolute Gasteiger partial charge is 0.468 e. The van der Waals surface area contributed by atoms with Crippen LogP contribution in [0.25, 0.3) is 0 Å². The van der Waals surface area contributed by atoms with Gasteiger partial charge in [-0.15, -0.1) is 0 Å². The van der Waals surface area contributed by atoms with Crippen molar-refractivity contribution in [2.75, 3.05) is 11.9 Å². The van der Waals surface area contributed by atoms with Crippen molar-refractivity contribution in [3.8, 4) is 0 Å². The molecule has 1 aliphatic heterocycles. The second kappa shape index (κ2) is 11.4. The van der Waals surface area contributed by atoms with Crippen molar-refractivity contribution >= 4 is 12.2 Å². The maximum atomic E-state index is 13.2. The maximum Gasteiger partial charge on any atom is 0.416 e. The summed E-state index contributed by atoms with van der Waals surface area (Å²) < 4.78 is 123. The molecule has 2 aromatic rings. The van der Waals surface area contributed by atoms with Crippen molar-refractivity contribution in [1.82, 2.24) is 5.32 Å². The summed E-state index contributed by atoms with van der Waals surface area (Å²) in [4.78, 5) is 9.18. The molecule has 0 bridgehead atoms. The second-order valence-corrected chi connectivity index (χ2v) is 9.02. The van der Waals surface area contributed by atoms with Crippen LogP contribution in [0.5, 0.6) is 0 Å². The smallest absolute Gasteiger partial charge is 0.416 e. The van der Waals surface area contributed by atoms with Crippen LogP contribution in [-0.2, 0) is 34.6 Å². The molecule has 4 nitrogen and oxygen atoms in total. The molecule has 0 radical (unpaired) electrons. The molecule has 0 saturated heterocycles. The predicted molar refractivity (Wildman–Crippen MR) is 120 cm³/mol. The highest BCUT2D eigenvalue weighted by molar-refractivity contribution is 5.57. The first-order valence-electron chi connectivity index (χ1n) is 11.7. The molecule has 210 valence electrons. The minimum absolute atomic E-state index is 0.0426. The predicted octanol–water partition coefficient (Wildman–Crippen LogP) is 7.35. The van der Waals surface area contributed by atoms with Gasteiger partial charge in [0, 0.05) is 24.3 Å². The van der Waals surface area contributed by atoms with Gasteiger partial charge in [0.15, 0.2) is 0 Å². The van der Waals surface area contributed by atoms with Crippen molar-refractivity contribution in [2.24, 2.45) is 5.92 Å². The Kier molecular flexibility index (Phi) is 8.89. The van der Waals surface area contributed by atoms with Crippen molar-refractivity contribution in [1.29, 1.82) is 0 Å². The summed E-state index contributed by atoms with van der Waals surface area (Å²) in [7, 11) is 0. The van der Waals surface area contributed by atoms with Crippen LogP contribution in [0.4, 0.5) is 45.2 Å². The van der Waals surface area contributed by atoms with Gasteiger partial charge < -0.3 is 15.4 Å². The highest BCUT2D eigenvalue weighted by Crippen LogP contribution is 2.44. The van der Waals surface area contributed by atoms with Gasteiger partial charge in [0.2, 0.25) is 0 Å². The van der Waals surface area contributed by atoms with E-state index in [4.69, 9.17) is 0 Å². The fourth-order valence-corrected chi connectivity index (χ4v) is 4.23. The van der Waals surface area contributed by atoms with E-state index in [2.05, 4.69) is 15.4 Å². The Morgan fingerprint density at radius 1 is 0.895 bits per heavy atom. The number of ether oxygens (including phenoxy) is 1. The number of halogens is 9. The summed E-state index contributed by atoms with van der Waals surface area (Å²) in [5.74, 6) is 0.329. The lowest BCUT2D eigenvalue weighted by molar-refractivity contribution is -0.143. The molecule has 1 heterocycles. The van der Waals surface area contributed by atoms with Crippen molar-refractivity contribution < 1.29 is 49.0 Å². The zero-order chi connectivity index (χ0) is 28.3. The van der Waals surface area contributed by atoms with Crippen molar-refractivity contribution in [2.45, 2.75) is 63.3 Å². The van der Waals surface area contributed by atoms with Crippen LogP contribution >= 0.6 is 0 Å². The monoisotopic (exact) mass is 556 g/mol. The summed E-state index contributed by atoms with van der Waals surface area (Å²) >= 11 is 0. The summed E-state index contributed by atoms with van der Waals surface area (Å²) in [6, 6.07) is 3.80. The Hall–Kier alpha value is -2.96. The molecule has 2 atom stereocenters. The normalized spacial score (nSPS) is 19.5. The number of rotatable bonds is 6. The molecule has 2 aromatic carbocycles. The van der Waals surface area contributed by atoms with Crippen LogP contribution in [0, 0.1) is 5.92 Å². The third kappa shape index (κ3) is 7.78. The van der Waals surface area contributed by atoms with E-state index < -0.39 is 41.3 Å². The Balaban J connectivity index is 0.000000732. The van der Waals surface area contributed by atoms with Gasteiger partial charge in [-0.05, 0) is 79.6 Å². The average molecular weight is 556 g/mol. The van der Waals surface area contributed by atoms with E-state index in [1.165, 1.54) is 6.07 Å². The lowest BCUT2D eigenvalue weighted by atomic mass is 9.89. The number of nitrogens with one attached hydrogen (secondary N) is 2. The minimum atomic E-state index is -4.98. The fourth-order valence-electron chi connectivity index (χ4n) is 4.23. The third-order valence-electron chi connectivity index (χ3n) is 6.21. The van der Waals surface area contributed by atoms with E-state index in [1.54, 1.807) is 6.92 Å². The average Bonchev–Trinajstić information content (AvgIpc) is 3.67. The van der Waals surface area contributed by atoms with E-state index in [-0.39, 0.29) is 29.8 Å². The zero-order valence-corrected chi connectivity index (χ0v) is 20.0. The zero-order valence-electron chi connectivity index (χ0n) is 20.0. The molecular weight excluding hydrogens is 531 g/mol. The highest BCUT2D eigenvalue weighted by Gasteiger charge is 2.40. The van der Waals surface area contributed by atoms with Crippen LogP contribution in [0.15, 0.2) is 36.4 Å². The summed E-state index contributed by atoms with van der Waals surface area (Å²) in [6.45, 7) is 2.29. The molecule has 38 heavy (non-hydrogen) atoms.